The summed E-state index contributed by atoms with van der Waals surface area (Å²) in [5, 5.41) is 12.3. The van der Waals surface area contributed by atoms with Crippen LogP contribution in [0.4, 0.5) is 16.0 Å². The number of nitrogens with zero attached hydrogens (tertiary/aromatic N) is 6. The minimum absolute atomic E-state index is 0.115. The van der Waals surface area contributed by atoms with Crippen LogP contribution in [-0.4, -0.2) is 44.9 Å². The van der Waals surface area contributed by atoms with Crippen molar-refractivity contribution in [2.45, 2.75) is 5.54 Å². The number of halogens is 1. The molecule has 2 aliphatic heterocycles. The van der Waals surface area contributed by atoms with E-state index in [1.807, 2.05) is 29.2 Å². The summed E-state index contributed by atoms with van der Waals surface area (Å²) in [6, 6.07) is 12.5. The van der Waals surface area contributed by atoms with Crippen molar-refractivity contribution in [3.05, 3.63) is 77.6 Å². The maximum atomic E-state index is 13.3. The molecule has 11 heteroatoms. The minimum Gasteiger partial charge on any atom is -0.379 e. The van der Waals surface area contributed by atoms with E-state index in [9.17, 15) is 9.18 Å². The number of aliphatic imine (C=N–C) groups is 1. The van der Waals surface area contributed by atoms with Crippen molar-refractivity contribution in [3.63, 3.8) is 0 Å². The summed E-state index contributed by atoms with van der Waals surface area (Å²) < 4.78 is 13.3. The van der Waals surface area contributed by atoms with Crippen LogP contribution < -0.4 is 16.0 Å². The third kappa shape index (κ3) is 4.04. The molecule has 0 bridgehead atoms. The number of amidine groups is 1. The zero-order valence-corrected chi connectivity index (χ0v) is 18.7. The van der Waals surface area contributed by atoms with Gasteiger partial charge in [0.2, 0.25) is 5.95 Å². The molecule has 0 spiro atoms. The summed E-state index contributed by atoms with van der Waals surface area (Å²) in [6.45, 7) is 1.11. The van der Waals surface area contributed by atoms with Gasteiger partial charge in [0.1, 0.15) is 17.3 Å². The zero-order valence-electron chi connectivity index (χ0n) is 17.8. The first-order valence-corrected chi connectivity index (χ1v) is 11.4. The molecule has 0 radical (unpaired) electrons. The van der Waals surface area contributed by atoms with Crippen LogP contribution in [0.5, 0.6) is 0 Å². The molecule has 2 aliphatic rings. The number of benzene rings is 1. The van der Waals surface area contributed by atoms with Crippen LogP contribution in [0.3, 0.4) is 0 Å². The first kappa shape index (κ1) is 21.8. The highest BCUT2D eigenvalue weighted by molar-refractivity contribution is 8.13. The Bertz CT molecular complexity index is 1310. The van der Waals surface area contributed by atoms with E-state index >= 15 is 0 Å². The number of carbonyl (C=O) groups is 1. The van der Waals surface area contributed by atoms with Crippen molar-refractivity contribution in [1.82, 2.24) is 15.0 Å². The average molecular weight is 475 g/mol. The molecule has 170 valence electrons. The summed E-state index contributed by atoms with van der Waals surface area (Å²) in [4.78, 5) is 31.8. The van der Waals surface area contributed by atoms with Gasteiger partial charge in [-0.05, 0) is 29.8 Å². The molecule has 0 aliphatic carbocycles. The normalized spacial score (nSPS) is 21.4. The van der Waals surface area contributed by atoms with Crippen molar-refractivity contribution in [2.75, 3.05) is 29.1 Å². The SMILES string of the molecule is N#Cc1ccc(C(=O)Nc2cccc(C34CN(c5ncc(F)cn5)CC3CSC(N)=N4)c2)nc1. The molecule has 1 saturated heterocycles. The van der Waals surface area contributed by atoms with E-state index in [2.05, 4.69) is 20.3 Å². The number of amides is 1. The Morgan fingerprint density at radius 2 is 2.06 bits per heavy atom. The molecule has 2 aromatic heterocycles. The van der Waals surface area contributed by atoms with Crippen molar-refractivity contribution >= 4 is 34.5 Å². The van der Waals surface area contributed by atoms with Crippen LogP contribution in [0.2, 0.25) is 0 Å². The lowest BCUT2D eigenvalue weighted by Crippen LogP contribution is -2.40. The molecule has 9 nitrogen and oxygen atoms in total. The molecular formula is C23H19FN8OS. The lowest BCUT2D eigenvalue weighted by molar-refractivity contribution is 0.102. The van der Waals surface area contributed by atoms with Gasteiger partial charge in [0, 0.05) is 30.1 Å². The lowest BCUT2D eigenvalue weighted by Gasteiger charge is -2.34. The number of pyridine rings is 1. The standard InChI is InChI=1S/C23H19FN8OS/c24-17-9-28-22(29-10-17)32-11-16-12-34-21(26)31-23(16,13-32)15-2-1-3-18(6-15)30-20(33)19-5-4-14(7-25)8-27-19/h1-6,8-10,16H,11-13H2,(H2,26,31)(H,30,33). The number of rotatable bonds is 4. The van der Waals surface area contributed by atoms with Gasteiger partial charge in [-0.2, -0.15) is 5.26 Å². The molecule has 3 aromatic rings. The number of nitriles is 1. The average Bonchev–Trinajstić information content (AvgIpc) is 3.24. The molecule has 5 rings (SSSR count). The second-order valence-corrected chi connectivity index (χ2v) is 9.08. The van der Waals surface area contributed by atoms with Gasteiger partial charge in [0.05, 0.1) is 24.5 Å². The quantitative estimate of drug-likeness (QED) is 0.589. The smallest absolute Gasteiger partial charge is 0.274 e. The van der Waals surface area contributed by atoms with E-state index in [0.29, 0.717) is 35.5 Å². The highest BCUT2D eigenvalue weighted by atomic mass is 32.2. The van der Waals surface area contributed by atoms with Gasteiger partial charge in [-0.1, -0.05) is 23.9 Å². The van der Waals surface area contributed by atoms with Crippen LogP contribution in [0.15, 0.2) is 60.0 Å². The van der Waals surface area contributed by atoms with Crippen LogP contribution in [0, 0.1) is 23.1 Å². The second kappa shape index (κ2) is 8.72. The minimum atomic E-state index is -0.652. The molecule has 2 atom stereocenters. The molecule has 2 unspecified atom stereocenters. The molecule has 4 heterocycles. The number of fused-ring (bicyclic) bond motifs is 1. The highest BCUT2D eigenvalue weighted by Crippen LogP contribution is 2.46. The summed E-state index contributed by atoms with van der Waals surface area (Å²) in [5.74, 6) is 0.437. The molecule has 0 saturated carbocycles. The van der Waals surface area contributed by atoms with Gasteiger partial charge in [0.25, 0.3) is 5.91 Å². The predicted molar refractivity (Wildman–Crippen MR) is 127 cm³/mol. The molecule has 1 amide bonds. The monoisotopic (exact) mass is 474 g/mol. The van der Waals surface area contributed by atoms with Crippen molar-refractivity contribution < 1.29 is 9.18 Å². The van der Waals surface area contributed by atoms with Crippen LogP contribution >= 0.6 is 11.8 Å². The zero-order chi connectivity index (χ0) is 23.7. The van der Waals surface area contributed by atoms with E-state index in [4.69, 9.17) is 16.0 Å². The summed E-state index contributed by atoms with van der Waals surface area (Å²) in [6.07, 6.45) is 3.66. The van der Waals surface area contributed by atoms with Gasteiger partial charge in [-0.3, -0.25) is 4.79 Å². The second-order valence-electron chi connectivity index (χ2n) is 8.04. The number of nitrogens with two attached hydrogens (primary N) is 1. The third-order valence-corrected chi connectivity index (χ3v) is 6.88. The summed E-state index contributed by atoms with van der Waals surface area (Å²) >= 11 is 1.50. The number of aromatic nitrogens is 3. The maximum Gasteiger partial charge on any atom is 0.274 e. The van der Waals surface area contributed by atoms with E-state index in [0.717, 1.165) is 23.7 Å². The van der Waals surface area contributed by atoms with Crippen molar-refractivity contribution in [1.29, 1.82) is 5.26 Å². The van der Waals surface area contributed by atoms with Gasteiger partial charge in [-0.15, -0.1) is 0 Å². The highest BCUT2D eigenvalue weighted by Gasteiger charge is 2.50. The van der Waals surface area contributed by atoms with E-state index < -0.39 is 11.4 Å². The fraction of sp³-hybridized carbons (Fsp3) is 0.217. The number of carbonyl (C=O) groups excluding carboxylic acids is 1. The maximum absolute atomic E-state index is 13.3. The first-order chi connectivity index (χ1) is 16.5. The number of anilines is 2. The molecule has 34 heavy (non-hydrogen) atoms. The van der Waals surface area contributed by atoms with Gasteiger partial charge in [-0.25, -0.2) is 24.3 Å². The fourth-order valence-electron chi connectivity index (χ4n) is 4.30. The third-order valence-electron chi connectivity index (χ3n) is 5.93. The molecular weight excluding hydrogens is 455 g/mol. The topological polar surface area (TPSA) is 133 Å². The molecule has 1 fully saturated rings. The number of thioether (sulfide) groups is 1. The van der Waals surface area contributed by atoms with Gasteiger partial charge < -0.3 is 16.0 Å². The Kier molecular flexibility index (Phi) is 5.59. The Hall–Kier alpha value is -4.04. The molecule has 1 aromatic carbocycles. The van der Waals surface area contributed by atoms with Crippen LogP contribution in [-0.2, 0) is 5.54 Å². The largest absolute Gasteiger partial charge is 0.379 e. The van der Waals surface area contributed by atoms with E-state index in [1.54, 1.807) is 12.1 Å². The summed E-state index contributed by atoms with van der Waals surface area (Å²) in [5.41, 5.74) is 7.57. The van der Waals surface area contributed by atoms with Gasteiger partial charge >= 0.3 is 0 Å². The van der Waals surface area contributed by atoms with Crippen molar-refractivity contribution in [2.24, 2.45) is 16.6 Å². The van der Waals surface area contributed by atoms with Gasteiger partial charge in [0.15, 0.2) is 11.0 Å². The lowest BCUT2D eigenvalue weighted by atomic mass is 9.81. The van der Waals surface area contributed by atoms with Crippen LogP contribution in [0.25, 0.3) is 0 Å². The number of hydrogen-bond donors (Lipinski definition) is 2. The Balaban J connectivity index is 1.44. The Morgan fingerprint density at radius 3 is 2.79 bits per heavy atom. The van der Waals surface area contributed by atoms with E-state index in [-0.39, 0.29) is 17.5 Å². The Morgan fingerprint density at radius 1 is 1.24 bits per heavy atom. The first-order valence-electron chi connectivity index (χ1n) is 10.5. The van der Waals surface area contributed by atoms with Crippen LogP contribution in [0.1, 0.15) is 21.6 Å². The molecule has 3 N–H and O–H groups in total. The van der Waals surface area contributed by atoms with E-state index in [1.165, 1.54) is 24.0 Å². The number of hydrogen-bond acceptors (Lipinski definition) is 9. The fourth-order valence-corrected chi connectivity index (χ4v) is 5.28. The van der Waals surface area contributed by atoms with Crippen molar-refractivity contribution in [3.8, 4) is 6.07 Å². The Labute approximate surface area is 199 Å². The predicted octanol–water partition coefficient (Wildman–Crippen LogP) is 2.53. The number of nitrogens with one attached hydrogen (secondary N) is 1. The summed E-state index contributed by atoms with van der Waals surface area (Å²) in [7, 11) is 0.